The van der Waals surface area contributed by atoms with Crippen LogP contribution in [-0.2, 0) is 0 Å². The zero-order valence-electron chi connectivity index (χ0n) is 18.9. The number of H-pyrrole nitrogens is 1. The summed E-state index contributed by atoms with van der Waals surface area (Å²) in [4.78, 5) is 34.4. The van der Waals surface area contributed by atoms with Crippen molar-refractivity contribution in [2.24, 2.45) is 0 Å². The standard InChI is InChI=1S/C26H25N5O3/c1-17-9-10-18(25-27-20-7-3-4-8-21(20)28-25)15-22(17)29-26(32)19-11-12-23(24(16-19)31(33)34)30-13-5-2-6-14-30/h3-4,7-12,15-16H,2,5-6,13-14H2,1H3,(H,27,28)(H,29,32). The van der Waals surface area contributed by atoms with Gasteiger partial charge in [0, 0.05) is 36.0 Å². The van der Waals surface area contributed by atoms with Gasteiger partial charge in [0.1, 0.15) is 11.5 Å². The molecule has 1 saturated heterocycles. The molecule has 0 spiro atoms. The number of hydrogen-bond donors (Lipinski definition) is 2. The van der Waals surface area contributed by atoms with Crippen molar-refractivity contribution in [1.82, 2.24) is 9.97 Å². The molecule has 1 amide bonds. The number of amides is 1. The summed E-state index contributed by atoms with van der Waals surface area (Å²) in [6.45, 7) is 3.49. The number of hydrogen-bond acceptors (Lipinski definition) is 5. The van der Waals surface area contributed by atoms with Gasteiger partial charge in [-0.3, -0.25) is 14.9 Å². The van der Waals surface area contributed by atoms with E-state index in [1.165, 1.54) is 6.07 Å². The Bertz CT molecular complexity index is 1360. The number of aryl methyl sites for hydroxylation is 1. The van der Waals surface area contributed by atoms with Crippen LogP contribution < -0.4 is 10.2 Å². The molecule has 0 radical (unpaired) electrons. The van der Waals surface area contributed by atoms with Crippen molar-refractivity contribution < 1.29 is 9.72 Å². The van der Waals surface area contributed by atoms with Crippen LogP contribution in [0.2, 0.25) is 0 Å². The fourth-order valence-electron chi connectivity index (χ4n) is 4.40. The van der Waals surface area contributed by atoms with E-state index in [4.69, 9.17) is 0 Å². The first-order valence-corrected chi connectivity index (χ1v) is 11.4. The number of nitrogens with zero attached hydrogens (tertiary/aromatic N) is 3. The summed E-state index contributed by atoms with van der Waals surface area (Å²) in [6.07, 6.45) is 3.16. The molecule has 0 aliphatic carbocycles. The summed E-state index contributed by atoms with van der Waals surface area (Å²) < 4.78 is 0. The first-order valence-electron chi connectivity index (χ1n) is 11.4. The predicted octanol–water partition coefficient (Wildman–Crippen LogP) is 5.69. The monoisotopic (exact) mass is 455 g/mol. The molecule has 0 saturated carbocycles. The van der Waals surface area contributed by atoms with E-state index in [0.29, 0.717) is 17.2 Å². The van der Waals surface area contributed by atoms with E-state index in [-0.39, 0.29) is 11.3 Å². The topological polar surface area (TPSA) is 104 Å². The molecule has 3 aromatic carbocycles. The van der Waals surface area contributed by atoms with Gasteiger partial charge in [0.25, 0.3) is 11.6 Å². The first-order chi connectivity index (χ1) is 16.5. The van der Waals surface area contributed by atoms with Gasteiger partial charge in [-0.05, 0) is 62.1 Å². The summed E-state index contributed by atoms with van der Waals surface area (Å²) >= 11 is 0. The van der Waals surface area contributed by atoms with Crippen LogP contribution in [0.25, 0.3) is 22.4 Å². The Kier molecular flexibility index (Phi) is 5.71. The fourth-order valence-corrected chi connectivity index (χ4v) is 4.40. The number of nitrogens with one attached hydrogen (secondary N) is 2. The van der Waals surface area contributed by atoms with Crippen LogP contribution in [0.1, 0.15) is 35.2 Å². The highest BCUT2D eigenvalue weighted by molar-refractivity contribution is 6.05. The lowest BCUT2D eigenvalue weighted by atomic mass is 10.1. The maximum Gasteiger partial charge on any atom is 0.293 e. The summed E-state index contributed by atoms with van der Waals surface area (Å²) in [5.74, 6) is 0.316. The quantitative estimate of drug-likeness (QED) is 0.297. The van der Waals surface area contributed by atoms with E-state index < -0.39 is 10.8 Å². The molecule has 4 aromatic rings. The van der Waals surface area contributed by atoms with E-state index in [9.17, 15) is 14.9 Å². The highest BCUT2D eigenvalue weighted by Crippen LogP contribution is 2.32. The van der Waals surface area contributed by atoms with Gasteiger partial charge in [-0.2, -0.15) is 0 Å². The van der Waals surface area contributed by atoms with Crippen molar-refractivity contribution in [3.63, 3.8) is 0 Å². The molecule has 1 fully saturated rings. The highest BCUT2D eigenvalue weighted by atomic mass is 16.6. The Morgan fingerprint density at radius 2 is 1.85 bits per heavy atom. The smallest absolute Gasteiger partial charge is 0.293 e. The van der Waals surface area contributed by atoms with Gasteiger partial charge in [0.05, 0.1) is 16.0 Å². The molecule has 0 atom stereocenters. The largest absolute Gasteiger partial charge is 0.366 e. The molecule has 8 heteroatoms. The molecule has 172 valence electrons. The lowest BCUT2D eigenvalue weighted by Crippen LogP contribution is -2.30. The molecule has 5 rings (SSSR count). The van der Waals surface area contributed by atoms with Crippen LogP contribution >= 0.6 is 0 Å². The number of imidazole rings is 1. The summed E-state index contributed by atoms with van der Waals surface area (Å²) in [5, 5.41) is 14.7. The molecule has 2 N–H and O–H groups in total. The number of piperidine rings is 1. The second kappa shape index (κ2) is 8.97. The van der Waals surface area contributed by atoms with Crippen molar-refractivity contribution in [3.05, 3.63) is 81.9 Å². The van der Waals surface area contributed by atoms with Gasteiger partial charge in [-0.15, -0.1) is 0 Å². The molecule has 0 bridgehead atoms. The number of fused-ring (bicyclic) bond motifs is 1. The number of nitro benzene ring substituents is 1. The molecule has 0 unspecified atom stereocenters. The van der Waals surface area contributed by atoms with Gasteiger partial charge >= 0.3 is 0 Å². The minimum Gasteiger partial charge on any atom is -0.366 e. The number of anilines is 2. The SMILES string of the molecule is Cc1ccc(-c2nc3ccccc3[nH]2)cc1NC(=O)c1ccc(N2CCCCC2)c([N+](=O)[O-])c1. The van der Waals surface area contributed by atoms with Crippen molar-refractivity contribution in [1.29, 1.82) is 0 Å². The minimum atomic E-state index is -0.409. The highest BCUT2D eigenvalue weighted by Gasteiger charge is 2.23. The van der Waals surface area contributed by atoms with Crippen molar-refractivity contribution in [3.8, 4) is 11.4 Å². The number of rotatable bonds is 5. The minimum absolute atomic E-state index is 0.0395. The van der Waals surface area contributed by atoms with E-state index in [1.54, 1.807) is 12.1 Å². The number of para-hydroxylation sites is 2. The number of benzene rings is 3. The van der Waals surface area contributed by atoms with Crippen LogP contribution in [0.4, 0.5) is 17.1 Å². The molecule has 34 heavy (non-hydrogen) atoms. The second-order valence-corrected chi connectivity index (χ2v) is 8.59. The van der Waals surface area contributed by atoms with Gasteiger partial charge in [0.15, 0.2) is 0 Å². The van der Waals surface area contributed by atoms with E-state index >= 15 is 0 Å². The third kappa shape index (κ3) is 4.22. The summed E-state index contributed by atoms with van der Waals surface area (Å²) in [5.41, 5.74) is 4.93. The van der Waals surface area contributed by atoms with Gasteiger partial charge in [-0.25, -0.2) is 4.98 Å². The lowest BCUT2D eigenvalue weighted by Gasteiger charge is -2.28. The predicted molar refractivity (Wildman–Crippen MR) is 133 cm³/mol. The Labute approximate surface area is 196 Å². The molecule has 1 aromatic heterocycles. The normalized spacial score (nSPS) is 13.7. The molecule has 1 aliphatic heterocycles. The Balaban J connectivity index is 1.42. The van der Waals surface area contributed by atoms with Crippen molar-refractivity contribution in [2.45, 2.75) is 26.2 Å². The molecule has 1 aliphatic rings. The lowest BCUT2D eigenvalue weighted by molar-refractivity contribution is -0.384. The first kappa shape index (κ1) is 21.6. The maximum absolute atomic E-state index is 13.0. The van der Waals surface area contributed by atoms with Crippen LogP contribution in [0, 0.1) is 17.0 Å². The van der Waals surface area contributed by atoms with Crippen molar-refractivity contribution >= 4 is 34.0 Å². The van der Waals surface area contributed by atoms with E-state index in [2.05, 4.69) is 15.3 Å². The number of aromatic amines is 1. The Morgan fingerprint density at radius 1 is 1.06 bits per heavy atom. The van der Waals surface area contributed by atoms with Crippen LogP contribution in [0.3, 0.4) is 0 Å². The van der Waals surface area contributed by atoms with E-state index in [0.717, 1.165) is 54.5 Å². The maximum atomic E-state index is 13.0. The molecular weight excluding hydrogens is 430 g/mol. The van der Waals surface area contributed by atoms with Gasteiger partial charge in [-0.1, -0.05) is 24.3 Å². The number of carbonyl (C=O) groups excluding carboxylic acids is 1. The van der Waals surface area contributed by atoms with Crippen LogP contribution in [0.15, 0.2) is 60.7 Å². The number of nitro groups is 1. The van der Waals surface area contributed by atoms with Crippen LogP contribution in [0.5, 0.6) is 0 Å². The summed E-state index contributed by atoms with van der Waals surface area (Å²) in [6, 6.07) is 18.2. The zero-order chi connectivity index (χ0) is 23.7. The average Bonchev–Trinajstić information content (AvgIpc) is 3.30. The Hall–Kier alpha value is -4.20. The number of aromatic nitrogens is 2. The fraction of sp³-hybridized carbons (Fsp3) is 0.231. The summed E-state index contributed by atoms with van der Waals surface area (Å²) in [7, 11) is 0. The molecular formula is C26H25N5O3. The Morgan fingerprint density at radius 3 is 2.62 bits per heavy atom. The molecule has 2 heterocycles. The van der Waals surface area contributed by atoms with Gasteiger partial charge in [0.2, 0.25) is 0 Å². The van der Waals surface area contributed by atoms with Crippen LogP contribution in [-0.4, -0.2) is 33.9 Å². The van der Waals surface area contributed by atoms with Gasteiger partial charge < -0.3 is 15.2 Å². The molecule has 8 nitrogen and oxygen atoms in total. The third-order valence-corrected chi connectivity index (χ3v) is 6.28. The zero-order valence-corrected chi connectivity index (χ0v) is 18.9. The van der Waals surface area contributed by atoms with E-state index in [1.807, 2.05) is 54.3 Å². The van der Waals surface area contributed by atoms with Crippen molar-refractivity contribution in [2.75, 3.05) is 23.3 Å². The third-order valence-electron chi connectivity index (χ3n) is 6.28. The number of carbonyl (C=O) groups is 1. The second-order valence-electron chi connectivity index (χ2n) is 8.59. The average molecular weight is 456 g/mol.